The van der Waals surface area contributed by atoms with Crippen molar-refractivity contribution in [3.05, 3.63) is 16.3 Å². The van der Waals surface area contributed by atoms with Crippen LogP contribution in [0.2, 0.25) is 0 Å². The van der Waals surface area contributed by atoms with Crippen LogP contribution < -0.4 is 4.42 Å². The summed E-state index contributed by atoms with van der Waals surface area (Å²) < 4.78 is 1.81. The maximum absolute atomic E-state index is 6.19. The molecular formula is C10H15ClN2S. The minimum Gasteiger partial charge on any atom is -0.275 e. The lowest BCUT2D eigenvalue weighted by atomic mass is 10.1. The molecule has 2 rings (SSSR count). The molecule has 0 bridgehead atoms. The topological polar surface area (TPSA) is 6.48 Å². The van der Waals surface area contributed by atoms with Crippen molar-refractivity contribution in [3.63, 3.8) is 0 Å². The average molecular weight is 231 g/mol. The molecule has 2 heterocycles. The molecule has 0 amide bonds. The van der Waals surface area contributed by atoms with Crippen LogP contribution in [-0.2, 0) is 6.54 Å². The summed E-state index contributed by atoms with van der Waals surface area (Å²) in [5, 5.41) is 2.10. The summed E-state index contributed by atoms with van der Waals surface area (Å²) in [6.45, 7) is 8.47. The van der Waals surface area contributed by atoms with Crippen molar-refractivity contribution in [2.24, 2.45) is 0 Å². The first-order valence-electron chi connectivity index (χ1n) is 4.73. The molecule has 0 spiro atoms. The third-order valence-electron chi connectivity index (χ3n) is 2.56. The third kappa shape index (κ3) is 1.76. The van der Waals surface area contributed by atoms with E-state index in [1.165, 1.54) is 10.6 Å². The molecule has 1 aromatic heterocycles. The number of hydrogen-bond acceptors (Lipinski definition) is 3. The summed E-state index contributed by atoms with van der Waals surface area (Å²) in [7, 11) is 0. The number of halogens is 1. The van der Waals surface area contributed by atoms with E-state index in [4.69, 9.17) is 11.8 Å². The van der Waals surface area contributed by atoms with Gasteiger partial charge in [0.15, 0.2) is 0 Å². The van der Waals surface area contributed by atoms with E-state index in [1.807, 2.05) is 0 Å². The number of hydrogen-bond donors (Lipinski definition) is 0. The van der Waals surface area contributed by atoms with Gasteiger partial charge in [-0.3, -0.25) is 9.32 Å². The fourth-order valence-corrected chi connectivity index (χ4v) is 2.80. The molecule has 4 heteroatoms. The van der Waals surface area contributed by atoms with Gasteiger partial charge in [-0.15, -0.1) is 11.3 Å². The van der Waals surface area contributed by atoms with Gasteiger partial charge in [0, 0.05) is 28.7 Å². The molecule has 0 radical (unpaired) electrons. The van der Waals surface area contributed by atoms with E-state index in [0.717, 1.165) is 13.2 Å². The van der Waals surface area contributed by atoms with Crippen LogP contribution in [0.25, 0.3) is 0 Å². The summed E-state index contributed by atoms with van der Waals surface area (Å²) in [4.78, 5) is 3.74. The molecule has 0 aliphatic carbocycles. The first-order valence-corrected chi connectivity index (χ1v) is 5.95. The molecule has 0 saturated heterocycles. The molecule has 1 aliphatic heterocycles. The Morgan fingerprint density at radius 3 is 2.79 bits per heavy atom. The molecule has 78 valence electrons. The number of anilines is 1. The minimum absolute atomic E-state index is 0.175. The lowest BCUT2D eigenvalue weighted by molar-refractivity contribution is 0.129. The van der Waals surface area contributed by atoms with E-state index >= 15 is 0 Å². The summed E-state index contributed by atoms with van der Waals surface area (Å²) in [6.07, 6.45) is 0. The van der Waals surface area contributed by atoms with Gasteiger partial charge in [-0.25, -0.2) is 0 Å². The minimum atomic E-state index is 0.175. The first kappa shape index (κ1) is 10.3. The molecule has 14 heavy (non-hydrogen) atoms. The molecular weight excluding hydrogens is 216 g/mol. The number of fused-ring (bicyclic) bond motifs is 1. The van der Waals surface area contributed by atoms with Gasteiger partial charge in [-0.05, 0) is 32.2 Å². The van der Waals surface area contributed by atoms with E-state index in [1.54, 1.807) is 15.8 Å². The van der Waals surface area contributed by atoms with Crippen molar-refractivity contribution in [3.8, 4) is 0 Å². The van der Waals surface area contributed by atoms with Gasteiger partial charge in [0.2, 0.25) is 0 Å². The van der Waals surface area contributed by atoms with Crippen LogP contribution in [0.1, 0.15) is 25.6 Å². The van der Waals surface area contributed by atoms with Gasteiger partial charge in [0.05, 0.1) is 12.4 Å². The van der Waals surface area contributed by atoms with Crippen molar-refractivity contribution >= 4 is 28.8 Å². The van der Waals surface area contributed by atoms with Gasteiger partial charge in [0.25, 0.3) is 0 Å². The van der Waals surface area contributed by atoms with E-state index < -0.39 is 0 Å². The Morgan fingerprint density at radius 1 is 1.43 bits per heavy atom. The number of rotatable bonds is 0. The van der Waals surface area contributed by atoms with Gasteiger partial charge < -0.3 is 0 Å². The van der Waals surface area contributed by atoms with Crippen LogP contribution in [0, 0.1) is 0 Å². The van der Waals surface area contributed by atoms with E-state index in [9.17, 15) is 0 Å². The highest BCUT2D eigenvalue weighted by Crippen LogP contribution is 2.35. The highest BCUT2D eigenvalue weighted by Gasteiger charge is 2.29. The second-order valence-corrected chi connectivity index (χ2v) is 6.01. The van der Waals surface area contributed by atoms with Crippen LogP contribution in [0.4, 0.5) is 5.69 Å². The van der Waals surface area contributed by atoms with Crippen molar-refractivity contribution < 1.29 is 0 Å². The smallest absolute Gasteiger partial charge is 0.0876 e. The van der Waals surface area contributed by atoms with Crippen LogP contribution in [0.5, 0.6) is 0 Å². The van der Waals surface area contributed by atoms with Gasteiger partial charge in [-0.2, -0.15) is 0 Å². The van der Waals surface area contributed by atoms with Crippen LogP contribution in [0.15, 0.2) is 11.4 Å². The summed E-state index contributed by atoms with van der Waals surface area (Å²) in [5.41, 5.74) is 1.35. The molecule has 0 atom stereocenters. The predicted molar refractivity (Wildman–Crippen MR) is 62.8 cm³/mol. The fourth-order valence-electron chi connectivity index (χ4n) is 1.57. The summed E-state index contributed by atoms with van der Waals surface area (Å²) in [6, 6.07) is 2.09. The van der Waals surface area contributed by atoms with Crippen LogP contribution in [0.3, 0.4) is 0 Å². The lowest BCUT2D eigenvalue weighted by Crippen LogP contribution is -2.47. The Labute approximate surface area is 94.2 Å². The molecule has 0 saturated carbocycles. The normalized spacial score (nSPS) is 18.4. The Hall–Kier alpha value is -0.250. The predicted octanol–water partition coefficient (Wildman–Crippen LogP) is 3.28. The van der Waals surface area contributed by atoms with Crippen molar-refractivity contribution in [2.45, 2.75) is 32.9 Å². The zero-order chi connectivity index (χ0) is 10.3. The van der Waals surface area contributed by atoms with Crippen molar-refractivity contribution in [2.75, 3.05) is 11.1 Å². The van der Waals surface area contributed by atoms with E-state index in [2.05, 4.69) is 37.1 Å². The lowest BCUT2D eigenvalue weighted by Gasteiger charge is -2.40. The highest BCUT2D eigenvalue weighted by molar-refractivity contribution is 7.10. The monoisotopic (exact) mass is 230 g/mol. The Bertz CT molecular complexity index is 329. The van der Waals surface area contributed by atoms with Gasteiger partial charge >= 0.3 is 0 Å². The van der Waals surface area contributed by atoms with Gasteiger partial charge in [0.1, 0.15) is 0 Å². The Balaban J connectivity index is 2.26. The molecule has 0 aromatic carbocycles. The largest absolute Gasteiger partial charge is 0.275 e. The molecule has 0 unspecified atom stereocenters. The molecule has 2 nitrogen and oxygen atoms in total. The van der Waals surface area contributed by atoms with Crippen LogP contribution in [-0.4, -0.2) is 17.1 Å². The maximum Gasteiger partial charge on any atom is 0.0876 e. The molecule has 1 aliphatic rings. The van der Waals surface area contributed by atoms with Crippen molar-refractivity contribution in [1.82, 2.24) is 4.90 Å². The summed E-state index contributed by atoms with van der Waals surface area (Å²) in [5.74, 6) is 0. The third-order valence-corrected chi connectivity index (χ3v) is 3.75. The fraction of sp³-hybridized carbons (Fsp3) is 0.600. The van der Waals surface area contributed by atoms with Gasteiger partial charge in [-0.1, -0.05) is 0 Å². The molecule has 0 fully saturated rings. The average Bonchev–Trinajstić information content (AvgIpc) is 2.50. The van der Waals surface area contributed by atoms with Crippen molar-refractivity contribution in [1.29, 1.82) is 0 Å². The van der Waals surface area contributed by atoms with E-state index in [-0.39, 0.29) is 5.54 Å². The summed E-state index contributed by atoms with van der Waals surface area (Å²) >= 11 is 7.97. The SMILES string of the molecule is CC(C)(C)N1Cc2sccc2N(Cl)C1. The zero-order valence-corrected chi connectivity index (χ0v) is 10.3. The van der Waals surface area contributed by atoms with Crippen LogP contribution >= 0.6 is 23.1 Å². The Morgan fingerprint density at radius 2 is 2.14 bits per heavy atom. The standard InChI is InChI=1S/C10H15ClN2S/c1-10(2,3)12-6-9-8(4-5-14-9)13(11)7-12/h4-5H,6-7H2,1-3H3. The maximum atomic E-state index is 6.19. The molecule has 0 N–H and O–H groups in total. The number of nitrogens with zero attached hydrogens (tertiary/aromatic N) is 2. The second kappa shape index (κ2) is 3.40. The molecule has 1 aromatic rings. The highest BCUT2D eigenvalue weighted by atomic mass is 35.5. The first-order chi connectivity index (χ1) is 6.48. The zero-order valence-electron chi connectivity index (χ0n) is 8.75. The quantitative estimate of drug-likeness (QED) is 0.632. The Kier molecular flexibility index (Phi) is 2.50. The second-order valence-electron chi connectivity index (χ2n) is 4.60. The van der Waals surface area contributed by atoms with E-state index in [0.29, 0.717) is 0 Å². The number of thiophene rings is 1.